The molecule has 0 atom stereocenters. The number of fused-ring (bicyclic) bond motifs is 1. The van der Waals surface area contributed by atoms with Crippen molar-refractivity contribution in [1.82, 2.24) is 0 Å². The molecule has 8 heteroatoms. The summed E-state index contributed by atoms with van der Waals surface area (Å²) in [5.74, 6) is -1.68. The molecule has 0 aliphatic carbocycles. The maximum absolute atomic E-state index is 13.2. The predicted octanol–water partition coefficient (Wildman–Crippen LogP) is 6.08. The Morgan fingerprint density at radius 3 is 2.45 bits per heavy atom. The number of carbonyl (C=O) groups excluding carboxylic acids is 1. The van der Waals surface area contributed by atoms with Gasteiger partial charge in [-0.2, -0.15) is 0 Å². The average Bonchev–Trinajstić information content (AvgIpc) is 2.66. The first kappa shape index (κ1) is 24.4. The van der Waals surface area contributed by atoms with Crippen LogP contribution in [0.2, 0.25) is 0 Å². The largest absolute Gasteiger partial charge is 0.573 e. The molecule has 0 aromatic heterocycles. The Kier molecular flexibility index (Phi) is 6.33. The predicted molar refractivity (Wildman–Crippen MR) is 120 cm³/mol. The second-order valence-corrected chi connectivity index (χ2v) is 8.81. The molecule has 0 unspecified atom stereocenters. The lowest BCUT2D eigenvalue weighted by Gasteiger charge is -2.39. The van der Waals surface area contributed by atoms with E-state index in [9.17, 15) is 22.8 Å². The normalized spacial score (nSPS) is 15.9. The monoisotopic (exact) mass is 461 g/mol. The summed E-state index contributed by atoms with van der Waals surface area (Å²) in [7, 11) is 0. The Bertz CT molecular complexity index is 1150. The van der Waals surface area contributed by atoms with Crippen LogP contribution in [0.4, 0.5) is 18.9 Å². The molecule has 0 fully saturated rings. The lowest BCUT2D eigenvalue weighted by atomic mass is 9.75. The standard InChI is InChI=1S/C25H26F3NO4/c1-6-29-20-12-18(15(3)9-19(20)24(4,5)13-22(29)30)17-8-7-16(14(2)10-23(31)32)11-21(17)33-25(26,27)28/h7-12H,6,13H2,1-5H3,(H,31,32)/b14-10+. The number of allylic oxidation sites excluding steroid dienone is 1. The number of aryl methyl sites for hydroxylation is 1. The Hall–Kier alpha value is -3.29. The number of rotatable bonds is 5. The number of ether oxygens (including phenoxy) is 1. The van der Waals surface area contributed by atoms with E-state index in [4.69, 9.17) is 5.11 Å². The summed E-state index contributed by atoms with van der Waals surface area (Å²) in [6, 6.07) is 7.88. The van der Waals surface area contributed by atoms with E-state index < -0.39 is 23.5 Å². The summed E-state index contributed by atoms with van der Waals surface area (Å²) < 4.78 is 44.1. The minimum atomic E-state index is -4.94. The first-order valence-electron chi connectivity index (χ1n) is 10.5. The maximum atomic E-state index is 13.2. The van der Waals surface area contributed by atoms with Crippen molar-refractivity contribution in [1.29, 1.82) is 0 Å². The summed E-state index contributed by atoms with van der Waals surface area (Å²) in [6.45, 7) is 9.54. The van der Waals surface area contributed by atoms with E-state index in [0.717, 1.165) is 17.2 Å². The summed E-state index contributed by atoms with van der Waals surface area (Å²) in [6.07, 6.45) is -3.67. The highest BCUT2D eigenvalue weighted by molar-refractivity contribution is 5.99. The highest BCUT2D eigenvalue weighted by atomic mass is 19.4. The summed E-state index contributed by atoms with van der Waals surface area (Å²) in [5.41, 5.74) is 3.24. The third-order valence-corrected chi connectivity index (χ3v) is 5.87. The van der Waals surface area contributed by atoms with Gasteiger partial charge in [0.1, 0.15) is 5.75 Å². The molecule has 0 radical (unpaired) electrons. The topological polar surface area (TPSA) is 66.8 Å². The molecule has 0 spiro atoms. The third-order valence-electron chi connectivity index (χ3n) is 5.87. The number of benzene rings is 2. The van der Waals surface area contributed by atoms with Crippen LogP contribution in [-0.2, 0) is 15.0 Å². The molecule has 2 aromatic rings. The van der Waals surface area contributed by atoms with Crippen molar-refractivity contribution in [2.75, 3.05) is 11.4 Å². The minimum absolute atomic E-state index is 0.0404. The van der Waals surface area contributed by atoms with Gasteiger partial charge >= 0.3 is 12.3 Å². The highest BCUT2D eigenvalue weighted by Crippen LogP contribution is 2.45. The Labute approximate surface area is 190 Å². The number of anilines is 1. The van der Waals surface area contributed by atoms with Crippen LogP contribution >= 0.6 is 0 Å². The van der Waals surface area contributed by atoms with Crippen LogP contribution < -0.4 is 9.64 Å². The van der Waals surface area contributed by atoms with Gasteiger partial charge in [0, 0.05) is 35.7 Å². The van der Waals surface area contributed by atoms with Crippen molar-refractivity contribution < 1.29 is 32.6 Å². The van der Waals surface area contributed by atoms with Crippen molar-refractivity contribution in [2.45, 2.75) is 52.8 Å². The molecule has 0 saturated heterocycles. The van der Waals surface area contributed by atoms with Crippen molar-refractivity contribution in [3.63, 3.8) is 0 Å². The molecular formula is C25H26F3NO4. The molecule has 0 saturated carbocycles. The van der Waals surface area contributed by atoms with Crippen LogP contribution in [0.15, 0.2) is 36.4 Å². The molecule has 1 aliphatic rings. The van der Waals surface area contributed by atoms with Gasteiger partial charge in [-0.3, -0.25) is 4.79 Å². The van der Waals surface area contributed by atoms with Gasteiger partial charge in [0.2, 0.25) is 5.91 Å². The van der Waals surface area contributed by atoms with Gasteiger partial charge in [0.15, 0.2) is 0 Å². The van der Waals surface area contributed by atoms with E-state index in [1.54, 1.807) is 24.0 Å². The number of carbonyl (C=O) groups is 2. The Morgan fingerprint density at radius 2 is 1.88 bits per heavy atom. The summed E-state index contributed by atoms with van der Waals surface area (Å²) >= 11 is 0. The Balaban J connectivity index is 2.24. The molecule has 176 valence electrons. The van der Waals surface area contributed by atoms with Gasteiger partial charge < -0.3 is 14.7 Å². The van der Waals surface area contributed by atoms with Gasteiger partial charge in [0.05, 0.1) is 0 Å². The van der Waals surface area contributed by atoms with Crippen LogP contribution in [0.1, 0.15) is 50.8 Å². The van der Waals surface area contributed by atoms with Crippen LogP contribution in [0.25, 0.3) is 16.7 Å². The number of hydrogen-bond donors (Lipinski definition) is 1. The van der Waals surface area contributed by atoms with Gasteiger partial charge in [-0.05, 0) is 60.7 Å². The van der Waals surface area contributed by atoms with Crippen LogP contribution in [0.3, 0.4) is 0 Å². The molecular weight excluding hydrogens is 435 g/mol. The first-order valence-corrected chi connectivity index (χ1v) is 10.5. The molecule has 2 aromatic carbocycles. The van der Waals surface area contributed by atoms with Crippen LogP contribution in [0, 0.1) is 6.92 Å². The molecule has 1 amide bonds. The number of nitrogens with zero attached hydrogens (tertiary/aromatic N) is 1. The number of halogens is 3. The molecule has 5 nitrogen and oxygen atoms in total. The fourth-order valence-electron chi connectivity index (χ4n) is 4.27. The SMILES string of the molecule is CCN1C(=O)CC(C)(C)c2cc(C)c(-c3ccc(/C(C)=C/C(=O)O)cc3OC(F)(F)F)cc21. The van der Waals surface area contributed by atoms with Gasteiger partial charge in [-0.25, -0.2) is 4.79 Å². The van der Waals surface area contributed by atoms with E-state index in [0.29, 0.717) is 29.8 Å². The molecule has 1 heterocycles. The van der Waals surface area contributed by atoms with E-state index >= 15 is 0 Å². The zero-order valence-electron chi connectivity index (χ0n) is 19.1. The van der Waals surface area contributed by atoms with Crippen molar-refractivity contribution in [3.05, 3.63) is 53.1 Å². The van der Waals surface area contributed by atoms with Gasteiger partial charge in [0.25, 0.3) is 0 Å². The van der Waals surface area contributed by atoms with Crippen molar-refractivity contribution in [3.8, 4) is 16.9 Å². The molecule has 1 aliphatic heterocycles. The van der Waals surface area contributed by atoms with Crippen molar-refractivity contribution in [2.24, 2.45) is 0 Å². The van der Waals surface area contributed by atoms with E-state index in [1.165, 1.54) is 19.1 Å². The number of aliphatic carboxylic acids is 1. The van der Waals surface area contributed by atoms with Crippen molar-refractivity contribution >= 4 is 23.1 Å². The number of carboxylic acid groups (broad SMARTS) is 1. The second kappa shape index (κ2) is 8.57. The molecule has 33 heavy (non-hydrogen) atoms. The summed E-state index contributed by atoms with van der Waals surface area (Å²) in [5, 5.41) is 8.97. The maximum Gasteiger partial charge on any atom is 0.573 e. The molecule has 0 bridgehead atoms. The fraction of sp³-hybridized carbons (Fsp3) is 0.360. The zero-order chi connectivity index (χ0) is 24.7. The van der Waals surface area contributed by atoms with E-state index in [-0.39, 0.29) is 17.0 Å². The Morgan fingerprint density at radius 1 is 1.21 bits per heavy atom. The number of carboxylic acids is 1. The second-order valence-electron chi connectivity index (χ2n) is 8.81. The number of amides is 1. The molecule has 3 rings (SSSR count). The zero-order valence-corrected chi connectivity index (χ0v) is 19.1. The summed E-state index contributed by atoms with van der Waals surface area (Å²) in [4.78, 5) is 25.3. The fourth-order valence-corrected chi connectivity index (χ4v) is 4.27. The third kappa shape index (κ3) is 5.05. The minimum Gasteiger partial charge on any atom is -0.478 e. The van der Waals surface area contributed by atoms with Gasteiger partial charge in [-0.1, -0.05) is 32.0 Å². The number of hydrogen-bond acceptors (Lipinski definition) is 3. The van der Waals surface area contributed by atoms with E-state index in [1.807, 2.05) is 26.8 Å². The lowest BCUT2D eigenvalue weighted by molar-refractivity contribution is -0.274. The quantitative estimate of drug-likeness (QED) is 0.548. The molecule has 1 N–H and O–H groups in total. The van der Waals surface area contributed by atoms with Crippen LogP contribution in [0.5, 0.6) is 5.75 Å². The van der Waals surface area contributed by atoms with Crippen LogP contribution in [-0.4, -0.2) is 29.9 Å². The lowest BCUT2D eigenvalue weighted by Crippen LogP contribution is -2.41. The first-order chi connectivity index (χ1) is 15.2. The number of alkyl halides is 3. The highest BCUT2D eigenvalue weighted by Gasteiger charge is 2.37. The van der Waals surface area contributed by atoms with E-state index in [2.05, 4.69) is 4.74 Å². The average molecular weight is 461 g/mol. The van der Waals surface area contributed by atoms with Gasteiger partial charge in [-0.15, -0.1) is 13.2 Å². The smallest absolute Gasteiger partial charge is 0.478 e.